The Hall–Kier alpha value is -0.570. The molecule has 0 spiro atoms. The van der Waals surface area contributed by atoms with Crippen molar-refractivity contribution in [2.24, 2.45) is 11.8 Å². The number of aliphatic hydroxyl groups is 1. The lowest BCUT2D eigenvalue weighted by molar-refractivity contribution is -0.121. The smallest absolute Gasteiger partial charge is 0.220 e. The lowest BCUT2D eigenvalue weighted by Gasteiger charge is -2.12. The maximum Gasteiger partial charge on any atom is 0.220 e. The first-order valence-corrected chi connectivity index (χ1v) is 7.19. The highest BCUT2D eigenvalue weighted by Crippen LogP contribution is 2.28. The lowest BCUT2D eigenvalue weighted by Crippen LogP contribution is -2.28. The maximum absolute atomic E-state index is 11.7. The molecule has 17 heavy (non-hydrogen) atoms. The van der Waals surface area contributed by atoms with Crippen LogP contribution in [0.15, 0.2) is 0 Å². The van der Waals surface area contributed by atoms with E-state index in [1.807, 2.05) is 0 Å². The van der Waals surface area contributed by atoms with Gasteiger partial charge in [-0.25, -0.2) is 0 Å². The number of carbonyl (C=O) groups is 1. The molecule has 2 rings (SSSR count). The Morgan fingerprint density at radius 3 is 2.53 bits per heavy atom. The SMILES string of the molecule is O=C(CCC1CCCC1)NCC1CCC(O)C1. The molecule has 2 fully saturated rings. The van der Waals surface area contributed by atoms with E-state index < -0.39 is 0 Å². The van der Waals surface area contributed by atoms with Gasteiger partial charge in [-0.2, -0.15) is 0 Å². The molecule has 2 atom stereocenters. The minimum atomic E-state index is -0.129. The average molecular weight is 239 g/mol. The third-order valence-corrected chi connectivity index (χ3v) is 4.36. The molecule has 0 aromatic rings. The summed E-state index contributed by atoms with van der Waals surface area (Å²) in [5, 5.41) is 12.4. The van der Waals surface area contributed by atoms with Crippen molar-refractivity contribution >= 4 is 5.91 Å². The van der Waals surface area contributed by atoms with Crippen molar-refractivity contribution in [2.75, 3.05) is 6.54 Å². The van der Waals surface area contributed by atoms with Gasteiger partial charge in [-0.1, -0.05) is 25.7 Å². The Morgan fingerprint density at radius 2 is 1.88 bits per heavy atom. The molecule has 3 heteroatoms. The Kier molecular flexibility index (Phi) is 4.84. The summed E-state index contributed by atoms with van der Waals surface area (Å²) in [4.78, 5) is 11.7. The molecule has 2 N–H and O–H groups in total. The van der Waals surface area contributed by atoms with Gasteiger partial charge in [0.1, 0.15) is 0 Å². The van der Waals surface area contributed by atoms with Gasteiger partial charge in [0, 0.05) is 13.0 Å². The Bertz CT molecular complexity index is 249. The van der Waals surface area contributed by atoms with Crippen LogP contribution in [0.4, 0.5) is 0 Å². The van der Waals surface area contributed by atoms with Crippen molar-refractivity contribution in [2.45, 2.75) is 63.9 Å². The summed E-state index contributed by atoms with van der Waals surface area (Å²) in [5.74, 6) is 1.51. The summed E-state index contributed by atoms with van der Waals surface area (Å²) in [5.41, 5.74) is 0. The molecule has 2 aliphatic rings. The molecule has 3 nitrogen and oxygen atoms in total. The quantitative estimate of drug-likeness (QED) is 0.773. The average Bonchev–Trinajstić information content (AvgIpc) is 2.95. The number of rotatable bonds is 5. The van der Waals surface area contributed by atoms with E-state index in [4.69, 9.17) is 0 Å². The summed E-state index contributed by atoms with van der Waals surface area (Å²) in [7, 11) is 0. The predicted molar refractivity (Wildman–Crippen MR) is 67.5 cm³/mol. The fraction of sp³-hybridized carbons (Fsp3) is 0.929. The van der Waals surface area contributed by atoms with Crippen LogP contribution in [0.25, 0.3) is 0 Å². The normalized spacial score (nSPS) is 29.7. The van der Waals surface area contributed by atoms with Crippen molar-refractivity contribution in [1.29, 1.82) is 0 Å². The second kappa shape index (κ2) is 6.39. The first kappa shape index (κ1) is 12.9. The van der Waals surface area contributed by atoms with E-state index in [1.165, 1.54) is 25.7 Å². The first-order chi connectivity index (χ1) is 8.24. The van der Waals surface area contributed by atoms with Crippen LogP contribution in [0.1, 0.15) is 57.8 Å². The zero-order valence-electron chi connectivity index (χ0n) is 10.7. The van der Waals surface area contributed by atoms with Gasteiger partial charge >= 0.3 is 0 Å². The van der Waals surface area contributed by atoms with Gasteiger partial charge in [-0.05, 0) is 37.5 Å². The Balaban J connectivity index is 1.54. The Morgan fingerprint density at radius 1 is 1.12 bits per heavy atom. The van der Waals surface area contributed by atoms with Crippen molar-refractivity contribution in [3.8, 4) is 0 Å². The zero-order chi connectivity index (χ0) is 12.1. The molecule has 0 bridgehead atoms. The number of aliphatic hydroxyl groups excluding tert-OH is 1. The van der Waals surface area contributed by atoms with Gasteiger partial charge in [-0.3, -0.25) is 4.79 Å². The van der Waals surface area contributed by atoms with Gasteiger partial charge in [-0.15, -0.1) is 0 Å². The van der Waals surface area contributed by atoms with Crippen LogP contribution in [0.2, 0.25) is 0 Å². The van der Waals surface area contributed by atoms with Gasteiger partial charge in [0.25, 0.3) is 0 Å². The standard InChI is InChI=1S/C14H25NO2/c16-13-7-5-12(9-13)10-15-14(17)8-6-11-3-1-2-4-11/h11-13,16H,1-10H2,(H,15,17). The fourth-order valence-corrected chi connectivity index (χ4v) is 3.21. The molecular formula is C14H25NO2. The number of carbonyl (C=O) groups excluding carboxylic acids is 1. The van der Waals surface area contributed by atoms with Crippen LogP contribution in [-0.4, -0.2) is 23.7 Å². The summed E-state index contributed by atoms with van der Waals surface area (Å²) in [6.45, 7) is 0.764. The van der Waals surface area contributed by atoms with Crippen molar-refractivity contribution < 1.29 is 9.90 Å². The van der Waals surface area contributed by atoms with E-state index in [2.05, 4.69) is 5.32 Å². The topological polar surface area (TPSA) is 49.3 Å². The number of amides is 1. The third kappa shape index (κ3) is 4.30. The second-order valence-electron chi connectivity index (χ2n) is 5.83. The lowest BCUT2D eigenvalue weighted by atomic mass is 10.0. The van der Waals surface area contributed by atoms with Crippen LogP contribution < -0.4 is 5.32 Å². The van der Waals surface area contributed by atoms with Gasteiger partial charge < -0.3 is 10.4 Å². The second-order valence-corrected chi connectivity index (χ2v) is 5.83. The van der Waals surface area contributed by atoms with E-state index in [0.717, 1.165) is 38.1 Å². The molecule has 0 aromatic carbocycles. The van der Waals surface area contributed by atoms with E-state index in [9.17, 15) is 9.90 Å². The number of hydrogen-bond acceptors (Lipinski definition) is 2. The van der Waals surface area contributed by atoms with Crippen LogP contribution in [0.5, 0.6) is 0 Å². The molecule has 0 aliphatic heterocycles. The minimum Gasteiger partial charge on any atom is -0.393 e. The third-order valence-electron chi connectivity index (χ3n) is 4.36. The molecule has 2 aliphatic carbocycles. The number of hydrogen-bond donors (Lipinski definition) is 2. The van der Waals surface area contributed by atoms with Crippen molar-refractivity contribution in [3.05, 3.63) is 0 Å². The highest BCUT2D eigenvalue weighted by Gasteiger charge is 2.23. The highest BCUT2D eigenvalue weighted by molar-refractivity contribution is 5.75. The van der Waals surface area contributed by atoms with E-state index >= 15 is 0 Å². The molecule has 2 saturated carbocycles. The first-order valence-electron chi connectivity index (χ1n) is 7.19. The Labute approximate surface area is 104 Å². The molecule has 2 unspecified atom stereocenters. The molecule has 98 valence electrons. The van der Waals surface area contributed by atoms with E-state index in [0.29, 0.717) is 12.3 Å². The van der Waals surface area contributed by atoms with Crippen LogP contribution in [-0.2, 0) is 4.79 Å². The van der Waals surface area contributed by atoms with Gasteiger partial charge in [0.2, 0.25) is 5.91 Å². The molecule has 0 heterocycles. The van der Waals surface area contributed by atoms with Crippen LogP contribution in [0.3, 0.4) is 0 Å². The van der Waals surface area contributed by atoms with E-state index in [1.54, 1.807) is 0 Å². The van der Waals surface area contributed by atoms with Crippen LogP contribution in [0, 0.1) is 11.8 Å². The van der Waals surface area contributed by atoms with Gasteiger partial charge in [0.05, 0.1) is 6.10 Å². The largest absolute Gasteiger partial charge is 0.393 e. The molecule has 0 radical (unpaired) electrons. The molecule has 0 saturated heterocycles. The van der Waals surface area contributed by atoms with Crippen molar-refractivity contribution in [3.63, 3.8) is 0 Å². The molecule has 0 aromatic heterocycles. The molecule has 1 amide bonds. The fourth-order valence-electron chi connectivity index (χ4n) is 3.21. The van der Waals surface area contributed by atoms with E-state index in [-0.39, 0.29) is 12.0 Å². The summed E-state index contributed by atoms with van der Waals surface area (Å²) in [6, 6.07) is 0. The summed E-state index contributed by atoms with van der Waals surface area (Å²) < 4.78 is 0. The number of nitrogens with one attached hydrogen (secondary N) is 1. The molecular weight excluding hydrogens is 214 g/mol. The van der Waals surface area contributed by atoms with Gasteiger partial charge in [0.15, 0.2) is 0 Å². The zero-order valence-corrected chi connectivity index (χ0v) is 10.7. The summed E-state index contributed by atoms with van der Waals surface area (Å²) in [6.07, 6.45) is 9.81. The van der Waals surface area contributed by atoms with Crippen LogP contribution >= 0.6 is 0 Å². The summed E-state index contributed by atoms with van der Waals surface area (Å²) >= 11 is 0. The predicted octanol–water partition coefficient (Wildman–Crippen LogP) is 2.23. The highest BCUT2D eigenvalue weighted by atomic mass is 16.3. The van der Waals surface area contributed by atoms with Crippen molar-refractivity contribution in [1.82, 2.24) is 5.32 Å². The minimum absolute atomic E-state index is 0.129. The maximum atomic E-state index is 11.7. The monoisotopic (exact) mass is 239 g/mol.